The minimum absolute atomic E-state index is 0.0157. The van der Waals surface area contributed by atoms with E-state index in [0.717, 1.165) is 25.1 Å². The molecule has 1 heterocycles. The second kappa shape index (κ2) is 5.33. The molecule has 0 aliphatic carbocycles. The van der Waals surface area contributed by atoms with Gasteiger partial charge in [0.2, 0.25) is 5.91 Å². The molecule has 1 fully saturated rings. The van der Waals surface area contributed by atoms with E-state index in [-0.39, 0.29) is 17.4 Å². The van der Waals surface area contributed by atoms with Crippen LogP contribution in [-0.2, 0) is 10.2 Å². The molecule has 1 aliphatic rings. The molecule has 2 rings (SSSR count). The first-order valence-corrected chi connectivity index (χ1v) is 7.02. The van der Waals surface area contributed by atoms with Gasteiger partial charge in [-0.1, -0.05) is 39.0 Å². The van der Waals surface area contributed by atoms with Crippen molar-refractivity contribution in [3.05, 3.63) is 29.8 Å². The molecule has 1 aromatic rings. The summed E-state index contributed by atoms with van der Waals surface area (Å²) in [5.74, 6) is 0.175. The Labute approximate surface area is 116 Å². The van der Waals surface area contributed by atoms with Crippen LogP contribution in [0.2, 0.25) is 0 Å². The van der Waals surface area contributed by atoms with Crippen molar-refractivity contribution in [3.63, 3.8) is 0 Å². The lowest BCUT2D eigenvalue weighted by atomic mass is 9.85. The molecular formula is C16H24N2O. The van der Waals surface area contributed by atoms with E-state index < -0.39 is 0 Å². The second-order valence-electron chi connectivity index (χ2n) is 6.31. The van der Waals surface area contributed by atoms with Crippen LogP contribution in [0.5, 0.6) is 0 Å². The zero-order valence-corrected chi connectivity index (χ0v) is 12.4. The molecule has 1 saturated heterocycles. The van der Waals surface area contributed by atoms with Crippen LogP contribution in [0.3, 0.4) is 0 Å². The first kappa shape index (κ1) is 14.1. The van der Waals surface area contributed by atoms with E-state index in [4.69, 9.17) is 0 Å². The highest BCUT2D eigenvalue weighted by atomic mass is 16.2. The van der Waals surface area contributed by atoms with Gasteiger partial charge in [0.1, 0.15) is 0 Å². The number of hydrogen-bond acceptors (Lipinski definition) is 2. The molecule has 0 radical (unpaired) electrons. The molecule has 0 spiro atoms. The number of amides is 1. The number of nitrogens with one attached hydrogen (secondary N) is 1. The number of para-hydroxylation sites is 1. The molecule has 1 amide bonds. The summed E-state index contributed by atoms with van der Waals surface area (Å²) in [6.07, 6.45) is 2.03. The van der Waals surface area contributed by atoms with Gasteiger partial charge in [-0.2, -0.15) is 0 Å². The van der Waals surface area contributed by atoms with E-state index in [1.807, 2.05) is 30.1 Å². The predicted molar refractivity (Wildman–Crippen MR) is 79.6 cm³/mol. The van der Waals surface area contributed by atoms with Crippen molar-refractivity contribution in [1.82, 2.24) is 5.32 Å². The Morgan fingerprint density at radius 2 is 2.00 bits per heavy atom. The molecule has 104 valence electrons. The Bertz CT molecular complexity index is 456. The van der Waals surface area contributed by atoms with Gasteiger partial charge in [0.15, 0.2) is 0 Å². The molecule has 1 N–H and O–H groups in total. The van der Waals surface area contributed by atoms with Crippen LogP contribution in [0.15, 0.2) is 24.3 Å². The Morgan fingerprint density at radius 3 is 2.58 bits per heavy atom. The fourth-order valence-electron chi connectivity index (χ4n) is 2.65. The van der Waals surface area contributed by atoms with E-state index >= 15 is 0 Å². The first-order chi connectivity index (χ1) is 8.91. The summed E-state index contributed by atoms with van der Waals surface area (Å²) in [7, 11) is 1.88. The summed E-state index contributed by atoms with van der Waals surface area (Å²) in [4.78, 5) is 14.3. The second-order valence-corrected chi connectivity index (χ2v) is 6.31. The van der Waals surface area contributed by atoms with Crippen molar-refractivity contribution in [2.24, 2.45) is 0 Å². The maximum absolute atomic E-state index is 12.5. The van der Waals surface area contributed by atoms with Crippen molar-refractivity contribution in [3.8, 4) is 0 Å². The van der Waals surface area contributed by atoms with E-state index in [2.05, 4.69) is 32.2 Å². The molecule has 19 heavy (non-hydrogen) atoms. The zero-order valence-electron chi connectivity index (χ0n) is 12.4. The Hall–Kier alpha value is -1.35. The van der Waals surface area contributed by atoms with E-state index in [1.54, 1.807) is 0 Å². The number of carbonyl (C=O) groups is 1. The van der Waals surface area contributed by atoms with Crippen molar-refractivity contribution in [2.45, 2.75) is 45.1 Å². The highest BCUT2D eigenvalue weighted by molar-refractivity contribution is 5.97. The number of hydrogen-bond donors (Lipinski definition) is 1. The molecule has 1 aromatic carbocycles. The topological polar surface area (TPSA) is 32.3 Å². The molecule has 3 heteroatoms. The van der Waals surface area contributed by atoms with Gasteiger partial charge in [-0.3, -0.25) is 4.79 Å². The molecular weight excluding hydrogens is 236 g/mol. The van der Waals surface area contributed by atoms with Gasteiger partial charge in [0.25, 0.3) is 0 Å². The van der Waals surface area contributed by atoms with Gasteiger partial charge in [-0.15, -0.1) is 0 Å². The van der Waals surface area contributed by atoms with Crippen LogP contribution in [0.1, 0.15) is 39.2 Å². The molecule has 1 atom stereocenters. The minimum Gasteiger partial charge on any atom is -0.314 e. The van der Waals surface area contributed by atoms with Crippen LogP contribution in [0.25, 0.3) is 0 Å². The van der Waals surface area contributed by atoms with E-state index in [9.17, 15) is 4.79 Å². The predicted octanol–water partition coefficient (Wildman–Crippen LogP) is 2.70. The number of carbonyl (C=O) groups excluding carboxylic acids is 1. The van der Waals surface area contributed by atoms with Gasteiger partial charge in [-0.25, -0.2) is 0 Å². The third kappa shape index (κ3) is 2.98. The number of rotatable bonds is 2. The van der Waals surface area contributed by atoms with Gasteiger partial charge >= 0.3 is 0 Å². The van der Waals surface area contributed by atoms with E-state index in [0.29, 0.717) is 0 Å². The lowest BCUT2D eigenvalue weighted by Crippen LogP contribution is -2.42. The third-order valence-electron chi connectivity index (χ3n) is 3.76. The average Bonchev–Trinajstić information content (AvgIpc) is 2.90. The Kier molecular flexibility index (Phi) is 3.95. The molecule has 3 nitrogen and oxygen atoms in total. The summed E-state index contributed by atoms with van der Waals surface area (Å²) in [5, 5.41) is 3.27. The van der Waals surface area contributed by atoms with Crippen LogP contribution in [-0.4, -0.2) is 25.5 Å². The van der Waals surface area contributed by atoms with Crippen LogP contribution in [0.4, 0.5) is 5.69 Å². The average molecular weight is 260 g/mol. The van der Waals surface area contributed by atoms with Gasteiger partial charge < -0.3 is 10.2 Å². The van der Waals surface area contributed by atoms with Crippen molar-refractivity contribution in [1.29, 1.82) is 0 Å². The Balaban J connectivity index is 2.28. The maximum atomic E-state index is 12.5. The molecule has 1 unspecified atom stereocenters. The largest absolute Gasteiger partial charge is 0.314 e. The summed E-state index contributed by atoms with van der Waals surface area (Å²) in [6, 6.07) is 8.17. The highest BCUT2D eigenvalue weighted by Gasteiger charge is 2.28. The van der Waals surface area contributed by atoms with E-state index in [1.165, 1.54) is 5.56 Å². The van der Waals surface area contributed by atoms with Crippen LogP contribution >= 0.6 is 0 Å². The fourth-order valence-corrected chi connectivity index (χ4v) is 2.65. The number of benzene rings is 1. The van der Waals surface area contributed by atoms with Crippen LogP contribution < -0.4 is 10.2 Å². The maximum Gasteiger partial charge on any atom is 0.243 e. The smallest absolute Gasteiger partial charge is 0.243 e. The third-order valence-corrected chi connectivity index (χ3v) is 3.76. The van der Waals surface area contributed by atoms with Gasteiger partial charge in [0.05, 0.1) is 6.04 Å². The van der Waals surface area contributed by atoms with Crippen molar-refractivity contribution < 1.29 is 4.79 Å². The lowest BCUT2D eigenvalue weighted by Gasteiger charge is -2.29. The lowest BCUT2D eigenvalue weighted by molar-refractivity contribution is -0.119. The quantitative estimate of drug-likeness (QED) is 0.886. The number of anilines is 1. The highest BCUT2D eigenvalue weighted by Crippen LogP contribution is 2.31. The van der Waals surface area contributed by atoms with Gasteiger partial charge in [-0.05, 0) is 36.4 Å². The normalized spacial score (nSPS) is 19.5. The van der Waals surface area contributed by atoms with Crippen molar-refractivity contribution >= 4 is 11.6 Å². The molecule has 1 aliphatic heterocycles. The summed E-state index contributed by atoms with van der Waals surface area (Å²) < 4.78 is 0. The molecule has 0 saturated carbocycles. The van der Waals surface area contributed by atoms with Gasteiger partial charge in [0, 0.05) is 12.7 Å². The molecule has 0 aromatic heterocycles. The van der Waals surface area contributed by atoms with Crippen LogP contribution in [0, 0.1) is 0 Å². The zero-order chi connectivity index (χ0) is 14.0. The Morgan fingerprint density at radius 1 is 1.32 bits per heavy atom. The minimum atomic E-state index is -0.0157. The summed E-state index contributed by atoms with van der Waals surface area (Å²) in [5.41, 5.74) is 2.27. The fraction of sp³-hybridized carbons (Fsp3) is 0.562. The summed E-state index contributed by atoms with van der Waals surface area (Å²) >= 11 is 0. The monoisotopic (exact) mass is 260 g/mol. The number of likely N-dealkylation sites (N-methyl/N-ethyl adjacent to an activating group) is 1. The standard InChI is InChI=1S/C16H24N2O/c1-16(2,3)12-8-5-6-10-14(12)18(4)15(19)13-9-7-11-17-13/h5-6,8,10,13,17H,7,9,11H2,1-4H3. The number of nitrogens with zero attached hydrogens (tertiary/aromatic N) is 1. The van der Waals surface area contributed by atoms with Crippen molar-refractivity contribution in [2.75, 3.05) is 18.5 Å². The molecule has 0 bridgehead atoms. The SMILES string of the molecule is CN(C(=O)C1CCCN1)c1ccccc1C(C)(C)C. The summed E-state index contributed by atoms with van der Waals surface area (Å²) in [6.45, 7) is 7.49. The first-order valence-electron chi connectivity index (χ1n) is 7.02.